The number of rotatable bonds is 3. The molecule has 1 aromatic rings. The van der Waals surface area contributed by atoms with Crippen molar-refractivity contribution in [2.75, 3.05) is 20.0 Å². The van der Waals surface area contributed by atoms with Gasteiger partial charge in [-0.05, 0) is 62.1 Å². The zero-order chi connectivity index (χ0) is 19.3. The van der Waals surface area contributed by atoms with Crippen molar-refractivity contribution in [3.8, 4) is 11.5 Å². The minimum absolute atomic E-state index is 0.0410. The van der Waals surface area contributed by atoms with Crippen molar-refractivity contribution in [1.29, 1.82) is 0 Å². The summed E-state index contributed by atoms with van der Waals surface area (Å²) >= 11 is 0. The standard InChI is InChI=1S/C21H27N3O4/c1-14-6-8-21(9-7-14)19(25)24(20(26)22-21)12-23-10-2-3-16(23)15-4-5-17-18(11-15)28-13-27-17/h4-5,11,14,16H,2-3,6-10,12-13H2,1H3,(H,22,26). The number of benzene rings is 1. The maximum atomic E-state index is 13.2. The van der Waals surface area contributed by atoms with E-state index < -0.39 is 5.54 Å². The van der Waals surface area contributed by atoms with E-state index in [4.69, 9.17) is 9.47 Å². The largest absolute Gasteiger partial charge is 0.454 e. The smallest absolute Gasteiger partial charge is 0.326 e. The van der Waals surface area contributed by atoms with Crippen molar-refractivity contribution in [3.63, 3.8) is 0 Å². The fourth-order valence-corrected chi connectivity index (χ4v) is 5.07. The lowest BCUT2D eigenvalue weighted by Crippen LogP contribution is -2.50. The number of hydrogen-bond acceptors (Lipinski definition) is 5. The third-order valence-corrected chi connectivity index (χ3v) is 6.84. The van der Waals surface area contributed by atoms with Gasteiger partial charge in [-0.15, -0.1) is 0 Å². The Labute approximate surface area is 165 Å². The van der Waals surface area contributed by atoms with E-state index in [-0.39, 0.29) is 24.8 Å². The molecular weight excluding hydrogens is 358 g/mol. The fraction of sp³-hybridized carbons (Fsp3) is 0.619. The summed E-state index contributed by atoms with van der Waals surface area (Å²) in [5.41, 5.74) is 0.479. The molecular formula is C21H27N3O4. The Morgan fingerprint density at radius 1 is 1.14 bits per heavy atom. The predicted octanol–water partition coefficient (Wildman–Crippen LogP) is 3.01. The van der Waals surface area contributed by atoms with Crippen molar-refractivity contribution < 1.29 is 19.1 Å². The summed E-state index contributed by atoms with van der Waals surface area (Å²) < 4.78 is 10.9. The van der Waals surface area contributed by atoms with Gasteiger partial charge in [0.1, 0.15) is 5.54 Å². The fourth-order valence-electron chi connectivity index (χ4n) is 5.07. The van der Waals surface area contributed by atoms with Crippen molar-refractivity contribution >= 4 is 11.9 Å². The number of carbonyl (C=O) groups excluding carboxylic acids is 2. The Kier molecular flexibility index (Phi) is 4.23. The molecule has 5 rings (SSSR count). The molecule has 1 atom stereocenters. The zero-order valence-corrected chi connectivity index (χ0v) is 16.3. The number of hydrogen-bond donors (Lipinski definition) is 1. The number of carbonyl (C=O) groups is 2. The number of nitrogens with zero attached hydrogens (tertiary/aromatic N) is 2. The Hall–Kier alpha value is -2.28. The first kappa shape index (κ1) is 17.8. The van der Waals surface area contributed by atoms with Crippen molar-refractivity contribution in [2.45, 2.75) is 57.0 Å². The topological polar surface area (TPSA) is 71.1 Å². The molecule has 1 unspecified atom stereocenters. The van der Waals surface area contributed by atoms with Crippen molar-refractivity contribution in [3.05, 3.63) is 23.8 Å². The van der Waals surface area contributed by atoms with E-state index in [0.29, 0.717) is 12.6 Å². The summed E-state index contributed by atoms with van der Waals surface area (Å²) in [6.45, 7) is 3.70. The van der Waals surface area contributed by atoms with Gasteiger partial charge in [-0.1, -0.05) is 13.0 Å². The lowest BCUT2D eigenvalue weighted by atomic mass is 9.77. The van der Waals surface area contributed by atoms with Crippen LogP contribution in [0, 0.1) is 5.92 Å². The molecule has 28 heavy (non-hydrogen) atoms. The first-order valence-corrected chi connectivity index (χ1v) is 10.3. The maximum Gasteiger partial charge on any atom is 0.326 e. The minimum Gasteiger partial charge on any atom is -0.454 e. The van der Waals surface area contributed by atoms with Gasteiger partial charge in [0.25, 0.3) is 5.91 Å². The van der Waals surface area contributed by atoms with Crippen LogP contribution in [0.2, 0.25) is 0 Å². The number of imide groups is 1. The molecule has 1 aliphatic carbocycles. The molecule has 3 heterocycles. The van der Waals surface area contributed by atoms with Gasteiger partial charge < -0.3 is 14.8 Å². The summed E-state index contributed by atoms with van der Waals surface area (Å²) in [6.07, 6.45) is 5.53. The molecule has 4 aliphatic rings. The molecule has 7 nitrogen and oxygen atoms in total. The molecule has 1 saturated carbocycles. The molecule has 150 valence electrons. The highest BCUT2D eigenvalue weighted by molar-refractivity contribution is 6.07. The molecule has 0 radical (unpaired) electrons. The maximum absolute atomic E-state index is 13.2. The van der Waals surface area contributed by atoms with Crippen LogP contribution in [0.4, 0.5) is 4.79 Å². The van der Waals surface area contributed by atoms with Crippen LogP contribution in [0.25, 0.3) is 0 Å². The molecule has 3 aliphatic heterocycles. The molecule has 0 aromatic heterocycles. The lowest BCUT2D eigenvalue weighted by molar-refractivity contribution is -0.134. The van der Waals surface area contributed by atoms with E-state index in [2.05, 4.69) is 23.2 Å². The summed E-state index contributed by atoms with van der Waals surface area (Å²) in [5, 5.41) is 3.03. The van der Waals surface area contributed by atoms with E-state index >= 15 is 0 Å². The van der Waals surface area contributed by atoms with E-state index in [1.165, 1.54) is 4.90 Å². The molecule has 3 fully saturated rings. The van der Waals surface area contributed by atoms with Crippen molar-refractivity contribution in [1.82, 2.24) is 15.1 Å². The van der Waals surface area contributed by atoms with Crippen LogP contribution in [-0.4, -0.2) is 47.3 Å². The Bertz CT molecular complexity index is 803. The quantitative estimate of drug-likeness (QED) is 0.810. The van der Waals surface area contributed by atoms with Crippen LogP contribution in [0.5, 0.6) is 11.5 Å². The molecule has 1 aromatic carbocycles. The summed E-state index contributed by atoms with van der Waals surface area (Å²) in [7, 11) is 0. The van der Waals surface area contributed by atoms with Gasteiger partial charge in [-0.2, -0.15) is 0 Å². The van der Waals surface area contributed by atoms with E-state index in [9.17, 15) is 9.59 Å². The third-order valence-electron chi connectivity index (χ3n) is 6.84. The van der Waals surface area contributed by atoms with Crippen LogP contribution in [0.3, 0.4) is 0 Å². The van der Waals surface area contributed by atoms with Gasteiger partial charge in [0.2, 0.25) is 6.79 Å². The molecule has 1 N–H and O–H groups in total. The average Bonchev–Trinajstić information content (AvgIpc) is 3.39. The number of urea groups is 1. The van der Waals surface area contributed by atoms with E-state index in [1.54, 1.807) is 0 Å². The number of amides is 3. The SMILES string of the molecule is CC1CCC2(CC1)NC(=O)N(CN1CCCC1c1ccc3c(c1)OCO3)C2=O. The second-order valence-corrected chi connectivity index (χ2v) is 8.65. The molecule has 2 saturated heterocycles. The van der Waals surface area contributed by atoms with Gasteiger partial charge in [-0.25, -0.2) is 9.69 Å². The third kappa shape index (κ3) is 2.83. The van der Waals surface area contributed by atoms with Gasteiger partial charge in [0, 0.05) is 12.6 Å². The summed E-state index contributed by atoms with van der Waals surface area (Å²) in [6, 6.07) is 5.97. The van der Waals surface area contributed by atoms with Gasteiger partial charge in [0.15, 0.2) is 11.5 Å². The predicted molar refractivity (Wildman–Crippen MR) is 102 cm³/mol. The Balaban J connectivity index is 1.32. The minimum atomic E-state index is -0.669. The number of likely N-dealkylation sites (tertiary alicyclic amines) is 1. The average molecular weight is 385 g/mol. The van der Waals surface area contributed by atoms with Gasteiger partial charge in [-0.3, -0.25) is 9.69 Å². The van der Waals surface area contributed by atoms with Crippen LogP contribution >= 0.6 is 0 Å². The highest BCUT2D eigenvalue weighted by atomic mass is 16.7. The number of fused-ring (bicyclic) bond motifs is 1. The monoisotopic (exact) mass is 385 g/mol. The second-order valence-electron chi connectivity index (χ2n) is 8.65. The summed E-state index contributed by atoms with van der Waals surface area (Å²) in [4.78, 5) is 29.5. The highest BCUT2D eigenvalue weighted by Crippen LogP contribution is 2.40. The van der Waals surface area contributed by atoms with Crippen LogP contribution in [0.15, 0.2) is 18.2 Å². The number of nitrogens with one attached hydrogen (secondary N) is 1. The molecule has 1 spiro atoms. The highest BCUT2D eigenvalue weighted by Gasteiger charge is 2.52. The van der Waals surface area contributed by atoms with Crippen molar-refractivity contribution in [2.24, 2.45) is 5.92 Å². The molecule has 0 bridgehead atoms. The first-order chi connectivity index (χ1) is 13.6. The van der Waals surface area contributed by atoms with E-state index in [0.717, 1.165) is 62.1 Å². The summed E-state index contributed by atoms with van der Waals surface area (Å²) in [5.74, 6) is 2.13. The first-order valence-electron chi connectivity index (χ1n) is 10.3. The van der Waals surface area contributed by atoms with Gasteiger partial charge in [0.05, 0.1) is 6.67 Å². The second kappa shape index (κ2) is 6.65. The lowest BCUT2D eigenvalue weighted by Gasteiger charge is -2.34. The Morgan fingerprint density at radius 2 is 1.93 bits per heavy atom. The normalized spacial score (nSPS) is 32.4. The zero-order valence-electron chi connectivity index (χ0n) is 16.3. The number of ether oxygens (including phenoxy) is 2. The molecule has 7 heteroatoms. The van der Waals surface area contributed by atoms with Crippen LogP contribution in [0.1, 0.15) is 57.1 Å². The van der Waals surface area contributed by atoms with E-state index in [1.807, 2.05) is 12.1 Å². The van der Waals surface area contributed by atoms with Gasteiger partial charge >= 0.3 is 6.03 Å². The van der Waals surface area contributed by atoms with Crippen LogP contribution in [-0.2, 0) is 4.79 Å². The van der Waals surface area contributed by atoms with Crippen LogP contribution < -0.4 is 14.8 Å². The Morgan fingerprint density at radius 3 is 2.75 bits per heavy atom. The molecule has 3 amide bonds.